The predicted molar refractivity (Wildman–Crippen MR) is 72.9 cm³/mol. The van der Waals surface area contributed by atoms with Crippen LogP contribution in [0.15, 0.2) is 18.2 Å². The van der Waals surface area contributed by atoms with Gasteiger partial charge in [0.25, 0.3) is 0 Å². The van der Waals surface area contributed by atoms with E-state index in [1.165, 1.54) is 24.8 Å². The summed E-state index contributed by atoms with van der Waals surface area (Å²) < 4.78 is 0. The molecule has 0 spiro atoms. The van der Waals surface area contributed by atoms with E-state index in [2.05, 4.69) is 25.1 Å². The normalized spacial score (nSPS) is 16.1. The summed E-state index contributed by atoms with van der Waals surface area (Å²) in [4.78, 5) is 0. The maximum Gasteiger partial charge on any atom is 0.0187 e. The summed E-state index contributed by atoms with van der Waals surface area (Å²) in [7, 11) is 0. The van der Waals surface area contributed by atoms with Crippen LogP contribution in [0.3, 0.4) is 0 Å². The van der Waals surface area contributed by atoms with Crippen molar-refractivity contribution >= 4 is 11.8 Å². The molecule has 0 saturated carbocycles. The highest BCUT2D eigenvalue weighted by Gasteiger charge is 2.11. The summed E-state index contributed by atoms with van der Waals surface area (Å²) in [6, 6.07) is 7.03. The van der Waals surface area contributed by atoms with Crippen LogP contribution in [0, 0.1) is 0 Å². The fourth-order valence-electron chi connectivity index (χ4n) is 2.27. The van der Waals surface area contributed by atoms with Crippen LogP contribution in [0.2, 0.25) is 0 Å². The van der Waals surface area contributed by atoms with Gasteiger partial charge in [0.15, 0.2) is 0 Å². The predicted octanol–water partition coefficient (Wildman–Crippen LogP) is 3.15. The van der Waals surface area contributed by atoms with Crippen molar-refractivity contribution in [3.63, 3.8) is 0 Å². The van der Waals surface area contributed by atoms with E-state index in [0.29, 0.717) is 5.25 Å². The number of benzene rings is 1. The highest BCUT2D eigenvalue weighted by atomic mass is 32.2. The molecule has 0 amide bonds. The standard InChI is InChI=1S/C14H21NS/c1-11(7-8-15)16-10-12-5-6-13-3-2-4-14(13)9-12/h5-6,9,11H,2-4,7-8,10,15H2,1H3. The van der Waals surface area contributed by atoms with E-state index in [9.17, 15) is 0 Å². The lowest BCUT2D eigenvalue weighted by Gasteiger charge is -2.10. The fraction of sp³-hybridized carbons (Fsp3) is 0.571. The Morgan fingerprint density at radius 2 is 2.12 bits per heavy atom. The van der Waals surface area contributed by atoms with Crippen molar-refractivity contribution in [2.45, 2.75) is 43.6 Å². The van der Waals surface area contributed by atoms with Gasteiger partial charge < -0.3 is 5.73 Å². The topological polar surface area (TPSA) is 26.0 Å². The molecule has 88 valence electrons. The third-order valence-corrected chi connectivity index (χ3v) is 4.58. The van der Waals surface area contributed by atoms with Gasteiger partial charge in [0, 0.05) is 11.0 Å². The highest BCUT2D eigenvalue weighted by Crippen LogP contribution is 2.26. The largest absolute Gasteiger partial charge is 0.330 e. The number of nitrogens with two attached hydrogens (primary N) is 1. The van der Waals surface area contributed by atoms with Crippen molar-refractivity contribution in [3.05, 3.63) is 34.9 Å². The van der Waals surface area contributed by atoms with Gasteiger partial charge in [-0.3, -0.25) is 0 Å². The van der Waals surface area contributed by atoms with E-state index >= 15 is 0 Å². The smallest absolute Gasteiger partial charge is 0.0187 e. The molecule has 2 N–H and O–H groups in total. The monoisotopic (exact) mass is 235 g/mol. The average molecular weight is 235 g/mol. The molecule has 2 rings (SSSR count). The second kappa shape index (κ2) is 5.74. The minimum atomic E-state index is 0.679. The third-order valence-electron chi connectivity index (χ3n) is 3.27. The van der Waals surface area contributed by atoms with Crippen molar-refractivity contribution < 1.29 is 0 Å². The van der Waals surface area contributed by atoms with Gasteiger partial charge in [0.1, 0.15) is 0 Å². The van der Waals surface area contributed by atoms with Gasteiger partial charge >= 0.3 is 0 Å². The van der Waals surface area contributed by atoms with Gasteiger partial charge in [-0.05, 0) is 48.9 Å². The summed E-state index contributed by atoms with van der Waals surface area (Å²) >= 11 is 2.02. The van der Waals surface area contributed by atoms with Crippen LogP contribution >= 0.6 is 11.8 Å². The summed E-state index contributed by atoms with van der Waals surface area (Å²) in [5, 5.41) is 0.679. The first-order valence-electron chi connectivity index (χ1n) is 6.22. The SMILES string of the molecule is CC(CCN)SCc1ccc2c(c1)CCC2. The second-order valence-electron chi connectivity index (χ2n) is 4.66. The minimum Gasteiger partial charge on any atom is -0.330 e. The van der Waals surface area contributed by atoms with Crippen LogP contribution in [0.1, 0.15) is 36.5 Å². The van der Waals surface area contributed by atoms with Crippen molar-refractivity contribution in [1.29, 1.82) is 0 Å². The first kappa shape index (κ1) is 12.0. The van der Waals surface area contributed by atoms with Gasteiger partial charge in [0.2, 0.25) is 0 Å². The molecule has 1 aliphatic carbocycles. The van der Waals surface area contributed by atoms with E-state index in [0.717, 1.165) is 18.7 Å². The lowest BCUT2D eigenvalue weighted by atomic mass is 10.1. The molecule has 1 aliphatic rings. The Labute approximate surface area is 103 Å². The number of rotatable bonds is 5. The van der Waals surface area contributed by atoms with Crippen LogP contribution in [-0.4, -0.2) is 11.8 Å². The molecule has 1 unspecified atom stereocenters. The molecule has 0 fully saturated rings. The van der Waals surface area contributed by atoms with Gasteiger partial charge in [-0.25, -0.2) is 0 Å². The van der Waals surface area contributed by atoms with E-state index in [4.69, 9.17) is 5.73 Å². The molecule has 0 saturated heterocycles. The second-order valence-corrected chi connectivity index (χ2v) is 6.08. The lowest BCUT2D eigenvalue weighted by molar-refractivity contribution is 0.823. The van der Waals surface area contributed by atoms with Crippen LogP contribution in [0.25, 0.3) is 0 Å². The van der Waals surface area contributed by atoms with Gasteiger partial charge in [-0.1, -0.05) is 25.1 Å². The fourth-order valence-corrected chi connectivity index (χ4v) is 3.23. The van der Waals surface area contributed by atoms with Crippen molar-refractivity contribution in [1.82, 2.24) is 0 Å². The quantitative estimate of drug-likeness (QED) is 0.848. The Kier molecular flexibility index (Phi) is 4.30. The summed E-state index contributed by atoms with van der Waals surface area (Å²) in [6.45, 7) is 3.07. The Morgan fingerprint density at radius 3 is 2.94 bits per heavy atom. The summed E-state index contributed by atoms with van der Waals surface area (Å²) in [5.74, 6) is 1.13. The average Bonchev–Trinajstić information content (AvgIpc) is 2.74. The highest BCUT2D eigenvalue weighted by molar-refractivity contribution is 7.99. The van der Waals surface area contributed by atoms with Crippen molar-refractivity contribution in [3.8, 4) is 0 Å². The molecule has 0 bridgehead atoms. The van der Waals surface area contributed by atoms with Crippen LogP contribution in [0.5, 0.6) is 0 Å². The number of aryl methyl sites for hydroxylation is 2. The number of hydrogen-bond acceptors (Lipinski definition) is 2. The number of fused-ring (bicyclic) bond motifs is 1. The molecule has 1 nitrogen and oxygen atoms in total. The molecular weight excluding hydrogens is 214 g/mol. The number of hydrogen-bond donors (Lipinski definition) is 1. The Bertz CT molecular complexity index is 349. The molecule has 2 heteroatoms. The first-order valence-corrected chi connectivity index (χ1v) is 7.27. The Hall–Kier alpha value is -0.470. The molecule has 0 heterocycles. The van der Waals surface area contributed by atoms with Crippen molar-refractivity contribution in [2.24, 2.45) is 5.73 Å². The van der Waals surface area contributed by atoms with Crippen LogP contribution in [0.4, 0.5) is 0 Å². The van der Waals surface area contributed by atoms with Crippen LogP contribution in [-0.2, 0) is 18.6 Å². The molecule has 0 aromatic heterocycles. The molecule has 1 aromatic rings. The third kappa shape index (κ3) is 3.02. The van der Waals surface area contributed by atoms with Gasteiger partial charge in [-0.2, -0.15) is 11.8 Å². The zero-order valence-electron chi connectivity index (χ0n) is 10.0. The first-order chi connectivity index (χ1) is 7.79. The number of thioether (sulfide) groups is 1. The molecule has 16 heavy (non-hydrogen) atoms. The van der Waals surface area contributed by atoms with E-state index in [1.807, 2.05) is 11.8 Å². The zero-order chi connectivity index (χ0) is 11.4. The summed E-state index contributed by atoms with van der Waals surface area (Å²) in [6.07, 6.45) is 5.03. The van der Waals surface area contributed by atoms with E-state index in [-0.39, 0.29) is 0 Å². The van der Waals surface area contributed by atoms with E-state index < -0.39 is 0 Å². The van der Waals surface area contributed by atoms with Gasteiger partial charge in [-0.15, -0.1) is 0 Å². The molecule has 1 atom stereocenters. The Balaban J connectivity index is 1.90. The van der Waals surface area contributed by atoms with E-state index in [1.54, 1.807) is 11.1 Å². The molecule has 1 aromatic carbocycles. The minimum absolute atomic E-state index is 0.679. The molecule has 0 radical (unpaired) electrons. The molecule has 0 aliphatic heterocycles. The maximum atomic E-state index is 5.56. The Morgan fingerprint density at radius 1 is 1.31 bits per heavy atom. The zero-order valence-corrected chi connectivity index (χ0v) is 10.9. The van der Waals surface area contributed by atoms with Crippen LogP contribution < -0.4 is 5.73 Å². The summed E-state index contributed by atoms with van der Waals surface area (Å²) in [5.41, 5.74) is 10.2. The maximum absolute atomic E-state index is 5.56. The lowest BCUT2D eigenvalue weighted by Crippen LogP contribution is -2.07. The van der Waals surface area contributed by atoms with Crippen molar-refractivity contribution in [2.75, 3.05) is 6.54 Å². The van der Waals surface area contributed by atoms with Gasteiger partial charge in [0.05, 0.1) is 0 Å². The molecular formula is C14H21NS.